The van der Waals surface area contributed by atoms with Gasteiger partial charge in [-0.05, 0) is 67.1 Å². The van der Waals surface area contributed by atoms with Gasteiger partial charge in [0.2, 0.25) is 0 Å². The monoisotopic (exact) mass is 427 g/mol. The average molecular weight is 428 g/mol. The van der Waals surface area contributed by atoms with Crippen LogP contribution in [0.1, 0.15) is 6.42 Å². The topological polar surface area (TPSA) is 45.8 Å². The van der Waals surface area contributed by atoms with E-state index in [0.29, 0.717) is 6.61 Å². The molecule has 0 radical (unpaired) electrons. The largest absolute Gasteiger partial charge is 0.492 e. The van der Waals surface area contributed by atoms with E-state index in [1.54, 1.807) is 0 Å². The Balaban J connectivity index is 1.16. The van der Waals surface area contributed by atoms with Crippen molar-refractivity contribution in [3.05, 3.63) is 103 Å². The summed E-state index contributed by atoms with van der Waals surface area (Å²) in [5, 5.41) is 6.50. The Morgan fingerprint density at radius 2 is 1.34 bits per heavy atom. The van der Waals surface area contributed by atoms with Crippen LogP contribution in [0.3, 0.4) is 0 Å². The van der Waals surface area contributed by atoms with E-state index in [1.165, 1.54) is 0 Å². The maximum absolute atomic E-state index is 5.86. The molecule has 0 amide bonds. The molecule has 3 aromatic rings. The molecular weight excluding hydrogens is 398 g/mol. The average Bonchev–Trinajstić information content (AvgIpc) is 2.85. The summed E-state index contributed by atoms with van der Waals surface area (Å²) in [6, 6.07) is 25.6. The SMILES string of the molecule is C1=CCN(CCOc2ccc(N/C=C\Nc3ccc(Oc4ccccc4)cc3)cc2)CC1. The molecular formula is C27H29N3O2. The van der Waals surface area contributed by atoms with Gasteiger partial charge in [0.25, 0.3) is 0 Å². The molecule has 0 atom stereocenters. The summed E-state index contributed by atoms with van der Waals surface area (Å²) < 4.78 is 11.7. The van der Waals surface area contributed by atoms with Crippen molar-refractivity contribution in [2.24, 2.45) is 0 Å². The van der Waals surface area contributed by atoms with E-state index in [4.69, 9.17) is 9.47 Å². The summed E-state index contributed by atoms with van der Waals surface area (Å²) in [6.45, 7) is 3.81. The number of nitrogens with zero attached hydrogens (tertiary/aromatic N) is 1. The summed E-state index contributed by atoms with van der Waals surface area (Å²) in [5.74, 6) is 2.52. The van der Waals surface area contributed by atoms with Gasteiger partial charge in [0, 0.05) is 43.4 Å². The highest BCUT2D eigenvalue weighted by atomic mass is 16.5. The fraction of sp³-hybridized carbons (Fsp3) is 0.185. The van der Waals surface area contributed by atoms with Gasteiger partial charge in [-0.2, -0.15) is 0 Å². The molecule has 2 N–H and O–H groups in total. The number of hydrogen-bond acceptors (Lipinski definition) is 5. The van der Waals surface area contributed by atoms with Crippen LogP contribution in [0.4, 0.5) is 11.4 Å². The van der Waals surface area contributed by atoms with E-state index in [0.717, 1.165) is 54.7 Å². The van der Waals surface area contributed by atoms with Crippen molar-refractivity contribution in [3.8, 4) is 17.2 Å². The third-order valence-corrected chi connectivity index (χ3v) is 5.09. The van der Waals surface area contributed by atoms with Crippen LogP contribution in [0.15, 0.2) is 103 Å². The summed E-state index contributed by atoms with van der Waals surface area (Å²) in [4.78, 5) is 2.40. The number of ether oxygens (including phenoxy) is 2. The van der Waals surface area contributed by atoms with E-state index in [2.05, 4.69) is 27.7 Å². The van der Waals surface area contributed by atoms with Crippen LogP contribution in [-0.4, -0.2) is 31.1 Å². The van der Waals surface area contributed by atoms with E-state index in [-0.39, 0.29) is 0 Å². The highest BCUT2D eigenvalue weighted by Crippen LogP contribution is 2.22. The van der Waals surface area contributed by atoms with Crippen molar-refractivity contribution in [3.63, 3.8) is 0 Å². The van der Waals surface area contributed by atoms with Crippen molar-refractivity contribution >= 4 is 11.4 Å². The van der Waals surface area contributed by atoms with Crippen LogP contribution in [0.2, 0.25) is 0 Å². The Labute approximate surface area is 190 Å². The Morgan fingerprint density at radius 3 is 1.97 bits per heavy atom. The lowest BCUT2D eigenvalue weighted by Crippen LogP contribution is -2.31. The van der Waals surface area contributed by atoms with Gasteiger partial charge >= 0.3 is 0 Å². The normalized spacial score (nSPS) is 13.8. The number of nitrogens with one attached hydrogen (secondary N) is 2. The molecule has 0 bridgehead atoms. The summed E-state index contributed by atoms with van der Waals surface area (Å²) in [5.41, 5.74) is 1.99. The molecule has 1 heterocycles. The lowest BCUT2D eigenvalue weighted by Gasteiger charge is -2.22. The first-order chi connectivity index (χ1) is 15.8. The van der Waals surface area contributed by atoms with Gasteiger partial charge in [-0.25, -0.2) is 0 Å². The first kappa shape index (κ1) is 21.5. The zero-order valence-electron chi connectivity index (χ0n) is 18.1. The van der Waals surface area contributed by atoms with Gasteiger partial charge < -0.3 is 20.1 Å². The molecule has 0 aliphatic carbocycles. The van der Waals surface area contributed by atoms with Gasteiger partial charge in [0.05, 0.1) is 0 Å². The minimum atomic E-state index is 0.708. The maximum atomic E-state index is 5.86. The predicted octanol–water partition coefficient (Wildman–Crippen LogP) is 6.11. The molecule has 0 aromatic heterocycles. The minimum absolute atomic E-state index is 0.708. The number of hydrogen-bond donors (Lipinski definition) is 2. The van der Waals surface area contributed by atoms with Crippen molar-refractivity contribution in [2.75, 3.05) is 36.9 Å². The van der Waals surface area contributed by atoms with Gasteiger partial charge in [-0.1, -0.05) is 30.4 Å². The number of rotatable bonds is 10. The highest BCUT2D eigenvalue weighted by Gasteiger charge is 2.05. The first-order valence-corrected chi connectivity index (χ1v) is 11.0. The van der Waals surface area contributed by atoms with Crippen LogP contribution in [0, 0.1) is 0 Å². The van der Waals surface area contributed by atoms with E-state index >= 15 is 0 Å². The minimum Gasteiger partial charge on any atom is -0.492 e. The number of para-hydroxylation sites is 1. The van der Waals surface area contributed by atoms with Crippen LogP contribution in [-0.2, 0) is 0 Å². The van der Waals surface area contributed by atoms with Crippen LogP contribution >= 0.6 is 0 Å². The van der Waals surface area contributed by atoms with Crippen LogP contribution in [0.5, 0.6) is 17.2 Å². The quantitative estimate of drug-likeness (QED) is 0.382. The van der Waals surface area contributed by atoms with Crippen molar-refractivity contribution < 1.29 is 9.47 Å². The second-order valence-corrected chi connectivity index (χ2v) is 7.50. The van der Waals surface area contributed by atoms with E-state index < -0.39 is 0 Å². The molecule has 32 heavy (non-hydrogen) atoms. The smallest absolute Gasteiger partial charge is 0.127 e. The number of anilines is 2. The second kappa shape index (κ2) is 11.6. The predicted molar refractivity (Wildman–Crippen MR) is 131 cm³/mol. The molecule has 0 spiro atoms. The molecule has 164 valence electrons. The third kappa shape index (κ3) is 6.93. The fourth-order valence-electron chi connectivity index (χ4n) is 3.35. The molecule has 0 unspecified atom stereocenters. The Kier molecular flexibility index (Phi) is 7.82. The summed E-state index contributed by atoms with van der Waals surface area (Å²) >= 11 is 0. The van der Waals surface area contributed by atoms with Crippen LogP contribution < -0.4 is 20.1 Å². The van der Waals surface area contributed by atoms with E-state index in [9.17, 15) is 0 Å². The Hall–Kier alpha value is -3.70. The fourth-order valence-corrected chi connectivity index (χ4v) is 3.35. The molecule has 1 aliphatic heterocycles. The molecule has 1 aliphatic rings. The Bertz CT molecular complexity index is 999. The Morgan fingerprint density at radius 1 is 0.719 bits per heavy atom. The van der Waals surface area contributed by atoms with Gasteiger partial charge in [-0.3, -0.25) is 4.90 Å². The van der Waals surface area contributed by atoms with Gasteiger partial charge in [0.15, 0.2) is 0 Å². The lowest BCUT2D eigenvalue weighted by molar-refractivity contribution is 0.221. The maximum Gasteiger partial charge on any atom is 0.127 e. The molecule has 5 heteroatoms. The summed E-state index contributed by atoms with van der Waals surface area (Å²) in [6.07, 6.45) is 9.34. The second-order valence-electron chi connectivity index (χ2n) is 7.50. The standard InChI is InChI=1S/C27H29N3O2/c1-3-7-26(8-4-1)32-27-15-11-24(12-16-27)29-18-17-28-23-9-13-25(14-10-23)31-22-21-30-19-5-2-6-20-30/h1-5,7-18,28-29H,6,19-22H2/b18-17-. The molecule has 4 rings (SSSR count). The lowest BCUT2D eigenvalue weighted by atomic mass is 10.2. The molecule has 5 nitrogen and oxygen atoms in total. The van der Waals surface area contributed by atoms with Crippen molar-refractivity contribution in [1.29, 1.82) is 0 Å². The van der Waals surface area contributed by atoms with E-state index in [1.807, 2.05) is 91.3 Å². The number of benzene rings is 3. The van der Waals surface area contributed by atoms with Gasteiger partial charge in [-0.15, -0.1) is 0 Å². The van der Waals surface area contributed by atoms with Gasteiger partial charge in [0.1, 0.15) is 23.9 Å². The highest BCUT2D eigenvalue weighted by molar-refractivity contribution is 5.51. The zero-order valence-corrected chi connectivity index (χ0v) is 18.1. The molecule has 0 fully saturated rings. The first-order valence-electron chi connectivity index (χ1n) is 11.0. The van der Waals surface area contributed by atoms with Crippen molar-refractivity contribution in [2.45, 2.75) is 6.42 Å². The molecule has 3 aromatic carbocycles. The summed E-state index contributed by atoms with van der Waals surface area (Å²) in [7, 11) is 0. The van der Waals surface area contributed by atoms with Crippen LogP contribution in [0.25, 0.3) is 0 Å². The molecule has 0 saturated carbocycles. The van der Waals surface area contributed by atoms with Crippen molar-refractivity contribution in [1.82, 2.24) is 4.90 Å². The third-order valence-electron chi connectivity index (χ3n) is 5.09. The zero-order chi connectivity index (χ0) is 21.8. The molecule has 0 saturated heterocycles.